The number of rotatable bonds is 4. The van der Waals surface area contributed by atoms with E-state index in [1.165, 1.54) is 5.56 Å². The van der Waals surface area contributed by atoms with Gasteiger partial charge in [0, 0.05) is 12.0 Å². The molecule has 96 valence electrons. The minimum Gasteiger partial charge on any atom is -0.388 e. The standard InChI is InChI=1S/C15H25NO/c1-6-15(5,9-16)14(17)13-11(3)7-10(2)8-12(13)4/h7-8,14,17H,6,9,16H2,1-5H3. The number of nitrogens with two attached hydrogens (primary N) is 1. The smallest absolute Gasteiger partial charge is 0.0860 e. The second-order valence-electron chi connectivity index (χ2n) is 5.43. The average molecular weight is 235 g/mol. The number of aryl methyl sites for hydroxylation is 3. The van der Waals surface area contributed by atoms with Gasteiger partial charge in [0.15, 0.2) is 0 Å². The third-order valence-corrected chi connectivity index (χ3v) is 3.95. The zero-order valence-corrected chi connectivity index (χ0v) is 11.7. The maximum Gasteiger partial charge on any atom is 0.0860 e. The molecule has 2 atom stereocenters. The maximum atomic E-state index is 10.6. The second kappa shape index (κ2) is 5.19. The molecular formula is C15H25NO. The van der Waals surface area contributed by atoms with Crippen molar-refractivity contribution in [1.29, 1.82) is 0 Å². The average Bonchev–Trinajstić information content (AvgIpc) is 2.26. The Morgan fingerprint density at radius 3 is 2.06 bits per heavy atom. The van der Waals surface area contributed by atoms with Gasteiger partial charge in [-0.3, -0.25) is 0 Å². The van der Waals surface area contributed by atoms with E-state index in [1.807, 2.05) is 0 Å². The lowest BCUT2D eigenvalue weighted by Crippen LogP contribution is -2.34. The van der Waals surface area contributed by atoms with Gasteiger partial charge in [0.2, 0.25) is 0 Å². The fourth-order valence-electron chi connectivity index (χ4n) is 2.42. The number of aliphatic hydroxyl groups excluding tert-OH is 1. The monoisotopic (exact) mass is 235 g/mol. The molecule has 2 nitrogen and oxygen atoms in total. The molecule has 3 N–H and O–H groups in total. The van der Waals surface area contributed by atoms with Crippen LogP contribution in [0.1, 0.15) is 48.6 Å². The number of hydrogen-bond acceptors (Lipinski definition) is 2. The van der Waals surface area contributed by atoms with Crippen LogP contribution in [0.15, 0.2) is 12.1 Å². The topological polar surface area (TPSA) is 46.2 Å². The van der Waals surface area contributed by atoms with Crippen molar-refractivity contribution >= 4 is 0 Å². The van der Waals surface area contributed by atoms with E-state index in [2.05, 4.69) is 46.8 Å². The van der Waals surface area contributed by atoms with Crippen molar-refractivity contribution in [3.63, 3.8) is 0 Å². The maximum absolute atomic E-state index is 10.6. The van der Waals surface area contributed by atoms with Crippen LogP contribution in [-0.2, 0) is 0 Å². The summed E-state index contributed by atoms with van der Waals surface area (Å²) in [5.74, 6) is 0. The Labute approximate surface area is 105 Å². The number of hydrogen-bond donors (Lipinski definition) is 2. The van der Waals surface area contributed by atoms with E-state index >= 15 is 0 Å². The highest BCUT2D eigenvalue weighted by Gasteiger charge is 2.32. The predicted octanol–water partition coefficient (Wildman–Crippen LogP) is 3.02. The minimum atomic E-state index is -0.488. The molecule has 0 amide bonds. The first-order valence-corrected chi connectivity index (χ1v) is 6.31. The Hall–Kier alpha value is -0.860. The van der Waals surface area contributed by atoms with E-state index in [-0.39, 0.29) is 5.41 Å². The molecule has 2 heteroatoms. The SMILES string of the molecule is CCC(C)(CN)C(O)c1c(C)cc(C)cc1C. The summed E-state index contributed by atoms with van der Waals surface area (Å²) in [5.41, 5.74) is 10.2. The van der Waals surface area contributed by atoms with Crippen molar-refractivity contribution in [3.8, 4) is 0 Å². The van der Waals surface area contributed by atoms with Crippen molar-refractivity contribution in [1.82, 2.24) is 0 Å². The van der Waals surface area contributed by atoms with Gasteiger partial charge >= 0.3 is 0 Å². The predicted molar refractivity (Wildman–Crippen MR) is 73.1 cm³/mol. The Bertz CT molecular complexity index is 371. The highest BCUT2D eigenvalue weighted by Crippen LogP contribution is 2.38. The molecule has 1 rings (SSSR count). The Balaban J connectivity index is 3.25. The molecule has 0 radical (unpaired) electrons. The molecule has 17 heavy (non-hydrogen) atoms. The van der Waals surface area contributed by atoms with Crippen molar-refractivity contribution in [3.05, 3.63) is 34.4 Å². The molecule has 0 aliphatic heterocycles. The van der Waals surface area contributed by atoms with Crippen LogP contribution in [0.4, 0.5) is 0 Å². The van der Waals surface area contributed by atoms with Gasteiger partial charge < -0.3 is 10.8 Å². The van der Waals surface area contributed by atoms with Crippen molar-refractivity contribution in [2.75, 3.05) is 6.54 Å². The van der Waals surface area contributed by atoms with E-state index < -0.39 is 6.10 Å². The van der Waals surface area contributed by atoms with Gasteiger partial charge in [0.05, 0.1) is 6.10 Å². The highest BCUT2D eigenvalue weighted by molar-refractivity contribution is 5.39. The van der Waals surface area contributed by atoms with Gasteiger partial charge in [-0.1, -0.05) is 31.5 Å². The van der Waals surface area contributed by atoms with Crippen molar-refractivity contribution < 1.29 is 5.11 Å². The lowest BCUT2D eigenvalue weighted by molar-refractivity contribution is 0.0382. The van der Waals surface area contributed by atoms with Crippen LogP contribution in [0.3, 0.4) is 0 Å². The van der Waals surface area contributed by atoms with Gasteiger partial charge in [-0.25, -0.2) is 0 Å². The van der Waals surface area contributed by atoms with Gasteiger partial charge in [-0.15, -0.1) is 0 Å². The zero-order chi connectivity index (χ0) is 13.2. The summed E-state index contributed by atoms with van der Waals surface area (Å²) < 4.78 is 0. The van der Waals surface area contributed by atoms with Crippen LogP contribution in [0.5, 0.6) is 0 Å². The van der Waals surface area contributed by atoms with E-state index in [1.54, 1.807) is 0 Å². The van der Waals surface area contributed by atoms with Crippen LogP contribution in [0, 0.1) is 26.2 Å². The summed E-state index contributed by atoms with van der Waals surface area (Å²) in [6.45, 7) is 10.8. The van der Waals surface area contributed by atoms with Crippen molar-refractivity contribution in [2.45, 2.75) is 47.1 Å². The summed E-state index contributed by atoms with van der Waals surface area (Å²) in [4.78, 5) is 0. The van der Waals surface area contributed by atoms with Gasteiger partial charge in [0.1, 0.15) is 0 Å². The molecule has 1 aromatic carbocycles. The van der Waals surface area contributed by atoms with Crippen LogP contribution in [-0.4, -0.2) is 11.7 Å². The lowest BCUT2D eigenvalue weighted by Gasteiger charge is -2.34. The molecule has 0 aromatic heterocycles. The zero-order valence-electron chi connectivity index (χ0n) is 11.7. The molecule has 0 aliphatic carbocycles. The first-order chi connectivity index (χ1) is 7.85. The fraction of sp³-hybridized carbons (Fsp3) is 0.600. The number of aliphatic hydroxyl groups is 1. The summed E-state index contributed by atoms with van der Waals surface area (Å²) in [5, 5.41) is 10.6. The molecule has 2 unspecified atom stereocenters. The molecule has 1 aromatic rings. The van der Waals surface area contributed by atoms with Gasteiger partial charge in [-0.05, 0) is 43.9 Å². The third-order valence-electron chi connectivity index (χ3n) is 3.95. The fourth-order valence-corrected chi connectivity index (χ4v) is 2.42. The molecule has 0 fully saturated rings. The highest BCUT2D eigenvalue weighted by atomic mass is 16.3. The Kier molecular flexibility index (Phi) is 4.34. The second-order valence-corrected chi connectivity index (χ2v) is 5.43. The lowest BCUT2D eigenvalue weighted by atomic mass is 9.76. The summed E-state index contributed by atoms with van der Waals surface area (Å²) >= 11 is 0. The quantitative estimate of drug-likeness (QED) is 0.842. The molecular weight excluding hydrogens is 210 g/mol. The van der Waals surface area contributed by atoms with E-state index in [0.717, 1.165) is 23.1 Å². The van der Waals surface area contributed by atoms with E-state index in [4.69, 9.17) is 5.73 Å². The molecule has 0 aliphatic rings. The normalized spacial score (nSPS) is 16.6. The Morgan fingerprint density at radius 2 is 1.71 bits per heavy atom. The molecule has 0 heterocycles. The van der Waals surface area contributed by atoms with Gasteiger partial charge in [-0.2, -0.15) is 0 Å². The largest absolute Gasteiger partial charge is 0.388 e. The van der Waals surface area contributed by atoms with E-state index in [0.29, 0.717) is 6.54 Å². The van der Waals surface area contributed by atoms with Crippen LogP contribution >= 0.6 is 0 Å². The summed E-state index contributed by atoms with van der Waals surface area (Å²) in [6, 6.07) is 4.25. The van der Waals surface area contributed by atoms with Crippen LogP contribution < -0.4 is 5.73 Å². The first kappa shape index (κ1) is 14.2. The van der Waals surface area contributed by atoms with E-state index in [9.17, 15) is 5.11 Å². The molecule has 0 bridgehead atoms. The van der Waals surface area contributed by atoms with Gasteiger partial charge in [0.25, 0.3) is 0 Å². The van der Waals surface area contributed by atoms with Crippen LogP contribution in [0.2, 0.25) is 0 Å². The summed E-state index contributed by atoms with van der Waals surface area (Å²) in [6.07, 6.45) is 0.385. The first-order valence-electron chi connectivity index (χ1n) is 6.31. The molecule has 0 spiro atoms. The minimum absolute atomic E-state index is 0.245. The van der Waals surface area contributed by atoms with Crippen LogP contribution in [0.25, 0.3) is 0 Å². The number of benzene rings is 1. The third kappa shape index (κ3) is 2.70. The molecule has 0 saturated heterocycles. The Morgan fingerprint density at radius 1 is 1.24 bits per heavy atom. The molecule has 0 saturated carbocycles. The summed E-state index contributed by atoms with van der Waals surface area (Å²) in [7, 11) is 0. The van der Waals surface area contributed by atoms with Crippen molar-refractivity contribution in [2.24, 2.45) is 11.1 Å².